The van der Waals surface area contributed by atoms with Crippen molar-refractivity contribution in [3.05, 3.63) is 54.7 Å². The summed E-state index contributed by atoms with van der Waals surface area (Å²) in [6, 6.07) is 8.64. The Labute approximate surface area is 107 Å². The Kier molecular flexibility index (Phi) is 2.77. The molecule has 0 bridgehead atoms. The lowest BCUT2D eigenvalue weighted by molar-refractivity contribution is 0.0970. The molecule has 7 heteroatoms. The smallest absolute Gasteiger partial charge is 0.309 e. The minimum atomic E-state index is -0.432. The first kappa shape index (κ1) is 11.1. The summed E-state index contributed by atoms with van der Waals surface area (Å²) in [5.41, 5.74) is 3.66. The molecule has 0 saturated heterocycles. The summed E-state index contributed by atoms with van der Waals surface area (Å²) in [7, 11) is 0. The van der Waals surface area contributed by atoms with Gasteiger partial charge in [-0.3, -0.25) is 9.78 Å². The zero-order chi connectivity index (χ0) is 13.1. The van der Waals surface area contributed by atoms with E-state index in [9.17, 15) is 4.79 Å². The van der Waals surface area contributed by atoms with E-state index in [1.54, 1.807) is 36.8 Å². The third-order valence-electron chi connectivity index (χ3n) is 2.38. The summed E-state index contributed by atoms with van der Waals surface area (Å²) in [4.78, 5) is 17.2. The van der Waals surface area contributed by atoms with E-state index >= 15 is 0 Å². The van der Waals surface area contributed by atoms with E-state index in [1.165, 1.54) is 10.9 Å². The van der Waals surface area contributed by atoms with Gasteiger partial charge in [0.15, 0.2) is 0 Å². The predicted molar refractivity (Wildman–Crippen MR) is 65.7 cm³/mol. The monoisotopic (exact) mass is 255 g/mol. The van der Waals surface area contributed by atoms with E-state index in [0.29, 0.717) is 11.4 Å². The molecular weight excluding hydrogens is 246 g/mol. The van der Waals surface area contributed by atoms with Gasteiger partial charge in [-0.25, -0.2) is 5.43 Å². The average molecular weight is 255 g/mol. The van der Waals surface area contributed by atoms with Crippen LogP contribution in [0.4, 0.5) is 0 Å². The Morgan fingerprint density at radius 3 is 2.89 bits per heavy atom. The van der Waals surface area contributed by atoms with Crippen LogP contribution in [-0.2, 0) is 0 Å². The number of nitrogens with zero attached hydrogens (tertiary/aromatic N) is 4. The van der Waals surface area contributed by atoms with Crippen molar-refractivity contribution in [2.45, 2.75) is 0 Å². The second-order valence-electron chi connectivity index (χ2n) is 3.68. The van der Waals surface area contributed by atoms with E-state index in [0.717, 1.165) is 0 Å². The van der Waals surface area contributed by atoms with Gasteiger partial charge in [0.25, 0.3) is 0 Å². The number of hydrogen-bond acceptors (Lipinski definition) is 5. The van der Waals surface area contributed by atoms with Gasteiger partial charge in [-0.05, 0) is 18.2 Å². The fourth-order valence-electron chi connectivity index (χ4n) is 1.51. The summed E-state index contributed by atoms with van der Waals surface area (Å²) >= 11 is 0. The van der Waals surface area contributed by atoms with Crippen LogP contribution in [-0.4, -0.2) is 25.9 Å². The van der Waals surface area contributed by atoms with Crippen LogP contribution in [0.1, 0.15) is 10.6 Å². The Balaban J connectivity index is 1.80. The Hall–Kier alpha value is -2.96. The second kappa shape index (κ2) is 4.73. The van der Waals surface area contributed by atoms with Crippen molar-refractivity contribution < 1.29 is 9.32 Å². The Bertz CT molecular complexity index is 675. The maximum atomic E-state index is 11.8. The van der Waals surface area contributed by atoms with Crippen LogP contribution in [0.3, 0.4) is 0 Å². The number of amides is 1. The van der Waals surface area contributed by atoms with Crippen molar-refractivity contribution in [2.75, 3.05) is 5.43 Å². The van der Waals surface area contributed by atoms with E-state index in [4.69, 9.17) is 4.52 Å². The number of carbonyl (C=O) groups excluding carboxylic acids is 1. The topological polar surface area (TPSA) is 85.8 Å². The molecule has 0 saturated carbocycles. The number of pyridine rings is 1. The molecule has 3 aromatic heterocycles. The van der Waals surface area contributed by atoms with Crippen molar-refractivity contribution in [2.24, 2.45) is 0 Å². The van der Waals surface area contributed by atoms with Gasteiger partial charge in [-0.2, -0.15) is 9.89 Å². The van der Waals surface area contributed by atoms with Gasteiger partial charge in [-0.1, -0.05) is 11.2 Å². The second-order valence-corrected chi connectivity index (χ2v) is 3.68. The Morgan fingerprint density at radius 1 is 1.21 bits per heavy atom. The molecule has 3 heterocycles. The zero-order valence-corrected chi connectivity index (χ0v) is 9.72. The van der Waals surface area contributed by atoms with E-state index in [2.05, 4.69) is 20.7 Å². The van der Waals surface area contributed by atoms with Gasteiger partial charge < -0.3 is 4.52 Å². The lowest BCUT2D eigenvalue weighted by atomic mass is 10.2. The largest absolute Gasteiger partial charge is 0.350 e. The third kappa shape index (κ3) is 2.34. The molecule has 0 spiro atoms. The highest BCUT2D eigenvalue weighted by molar-refractivity contribution is 5.98. The van der Waals surface area contributed by atoms with Crippen LogP contribution in [0.2, 0.25) is 0 Å². The standard InChI is InChI=1S/C12H9N5O2/c18-12(15-17-7-3-6-14-17)11-8-10(16-19-11)9-4-1-2-5-13-9/h1-8H,(H,15,18). The highest BCUT2D eigenvalue weighted by Gasteiger charge is 2.14. The fourth-order valence-corrected chi connectivity index (χ4v) is 1.51. The zero-order valence-electron chi connectivity index (χ0n) is 9.72. The van der Waals surface area contributed by atoms with Crippen LogP contribution in [0.25, 0.3) is 11.4 Å². The van der Waals surface area contributed by atoms with Gasteiger partial charge in [-0.15, -0.1) is 0 Å². The summed E-state index contributed by atoms with van der Waals surface area (Å²) in [5, 5.41) is 7.67. The summed E-state index contributed by atoms with van der Waals surface area (Å²) in [5.74, 6) is -0.338. The molecule has 1 amide bonds. The molecular formula is C12H9N5O2. The van der Waals surface area contributed by atoms with Gasteiger partial charge in [0, 0.05) is 18.5 Å². The Morgan fingerprint density at radius 2 is 2.16 bits per heavy atom. The lowest BCUT2D eigenvalue weighted by Crippen LogP contribution is -2.22. The molecule has 0 unspecified atom stereocenters. The highest BCUT2D eigenvalue weighted by Crippen LogP contribution is 2.16. The molecule has 0 aliphatic heterocycles. The first-order valence-electron chi connectivity index (χ1n) is 5.52. The number of nitrogens with one attached hydrogen (secondary N) is 1. The van der Waals surface area contributed by atoms with Crippen molar-refractivity contribution in [1.82, 2.24) is 20.0 Å². The molecule has 0 atom stereocenters. The van der Waals surface area contributed by atoms with Crippen LogP contribution in [0, 0.1) is 0 Å². The molecule has 0 radical (unpaired) electrons. The summed E-state index contributed by atoms with van der Waals surface area (Å²) < 4.78 is 4.99. The third-order valence-corrected chi connectivity index (χ3v) is 2.38. The molecule has 7 nitrogen and oxygen atoms in total. The maximum Gasteiger partial charge on any atom is 0.309 e. The van der Waals surface area contributed by atoms with Crippen molar-refractivity contribution in [3.8, 4) is 11.4 Å². The minimum Gasteiger partial charge on any atom is -0.350 e. The normalized spacial score (nSPS) is 10.3. The van der Waals surface area contributed by atoms with Crippen LogP contribution >= 0.6 is 0 Å². The van der Waals surface area contributed by atoms with E-state index in [-0.39, 0.29) is 5.76 Å². The fraction of sp³-hybridized carbons (Fsp3) is 0. The van der Waals surface area contributed by atoms with Crippen molar-refractivity contribution in [3.63, 3.8) is 0 Å². The van der Waals surface area contributed by atoms with E-state index in [1.807, 2.05) is 6.07 Å². The van der Waals surface area contributed by atoms with Gasteiger partial charge in [0.1, 0.15) is 5.69 Å². The molecule has 0 fully saturated rings. The average Bonchev–Trinajstić information content (AvgIpc) is 3.10. The quantitative estimate of drug-likeness (QED) is 0.762. The number of aromatic nitrogens is 4. The van der Waals surface area contributed by atoms with Crippen molar-refractivity contribution in [1.29, 1.82) is 0 Å². The van der Waals surface area contributed by atoms with E-state index < -0.39 is 5.91 Å². The molecule has 3 rings (SSSR count). The SMILES string of the molecule is O=C(Nn1cccn1)c1cc(-c2ccccn2)no1. The van der Waals surface area contributed by atoms with Crippen LogP contribution in [0.15, 0.2) is 53.4 Å². The van der Waals surface area contributed by atoms with Crippen LogP contribution in [0.5, 0.6) is 0 Å². The summed E-state index contributed by atoms with van der Waals surface area (Å²) in [6.45, 7) is 0. The van der Waals surface area contributed by atoms with Gasteiger partial charge >= 0.3 is 5.91 Å². The maximum absolute atomic E-state index is 11.8. The first-order valence-corrected chi connectivity index (χ1v) is 5.52. The minimum absolute atomic E-state index is 0.0937. The molecule has 0 aliphatic carbocycles. The highest BCUT2D eigenvalue weighted by atomic mass is 16.5. The number of rotatable bonds is 3. The van der Waals surface area contributed by atoms with Gasteiger partial charge in [0.05, 0.1) is 11.9 Å². The molecule has 0 aliphatic rings. The molecule has 94 valence electrons. The number of hydrogen-bond donors (Lipinski definition) is 1. The molecule has 1 N–H and O–H groups in total. The van der Waals surface area contributed by atoms with Crippen molar-refractivity contribution >= 4 is 5.91 Å². The summed E-state index contributed by atoms with van der Waals surface area (Å²) in [6.07, 6.45) is 4.81. The van der Waals surface area contributed by atoms with Gasteiger partial charge in [0.2, 0.25) is 5.76 Å². The number of carbonyl (C=O) groups is 1. The molecule has 3 aromatic rings. The first-order chi connectivity index (χ1) is 9.33. The lowest BCUT2D eigenvalue weighted by Gasteiger charge is -1.99. The molecule has 19 heavy (non-hydrogen) atoms. The van der Waals surface area contributed by atoms with Crippen LogP contribution < -0.4 is 5.43 Å². The molecule has 0 aromatic carbocycles. The predicted octanol–water partition coefficient (Wildman–Crippen LogP) is 1.32.